The van der Waals surface area contributed by atoms with Crippen molar-refractivity contribution in [2.45, 2.75) is 36.4 Å². The van der Waals surface area contributed by atoms with Crippen LogP contribution in [0.2, 0.25) is 0 Å². The molecule has 0 spiro atoms. The molecule has 0 aromatic heterocycles. The molecule has 12 heteroatoms. The Bertz CT molecular complexity index is 294. The van der Waals surface area contributed by atoms with Gasteiger partial charge in [0.1, 0.15) is 0 Å². The molecule has 18 heavy (non-hydrogen) atoms. The van der Waals surface area contributed by atoms with Crippen molar-refractivity contribution in [3.05, 3.63) is 0 Å². The molecule has 0 saturated heterocycles. The summed E-state index contributed by atoms with van der Waals surface area (Å²) in [5, 5.41) is 16.2. The smallest absolute Gasteiger partial charge is 0.379 e. The largest absolute Gasteiger partial charge is 0.429 e. The third-order valence-electron chi connectivity index (χ3n) is 1.91. The van der Waals surface area contributed by atoms with Crippen molar-refractivity contribution < 1.29 is 54.1 Å². The number of halogens is 10. The van der Waals surface area contributed by atoms with Gasteiger partial charge in [-0.25, -0.2) is 8.78 Å². The van der Waals surface area contributed by atoms with E-state index in [0.29, 0.717) is 0 Å². The fourth-order valence-corrected chi connectivity index (χ4v) is 0.872. The summed E-state index contributed by atoms with van der Waals surface area (Å²) in [6, 6.07) is 0. The highest BCUT2D eigenvalue weighted by Gasteiger charge is 2.79. The van der Waals surface area contributed by atoms with Gasteiger partial charge in [-0.05, 0) is 0 Å². The normalized spacial score (nSPS) is 19.8. The van der Waals surface area contributed by atoms with Gasteiger partial charge in [0.2, 0.25) is 6.10 Å². The molecule has 0 aromatic carbocycles. The molecular weight excluding hydrogens is 294 g/mol. The number of aliphatic hydroxyl groups excluding tert-OH is 1. The van der Waals surface area contributed by atoms with E-state index in [2.05, 4.69) is 0 Å². The lowest BCUT2D eigenvalue weighted by Gasteiger charge is -2.38. The summed E-state index contributed by atoms with van der Waals surface area (Å²) in [6.07, 6.45) is -23.5. The minimum Gasteiger partial charge on any atom is -0.379 e. The quantitative estimate of drug-likeness (QED) is 0.783. The van der Waals surface area contributed by atoms with Crippen molar-refractivity contribution >= 4 is 0 Å². The molecule has 0 aromatic rings. The Balaban J connectivity index is 5.80. The minimum atomic E-state index is -6.79. The van der Waals surface area contributed by atoms with Crippen molar-refractivity contribution in [3.8, 4) is 0 Å². The van der Waals surface area contributed by atoms with Crippen LogP contribution in [0.4, 0.5) is 43.9 Å². The summed E-state index contributed by atoms with van der Waals surface area (Å²) in [4.78, 5) is 0. The molecule has 0 saturated carbocycles. The Morgan fingerprint density at radius 3 is 1.28 bits per heavy atom. The molecule has 2 nitrogen and oxygen atoms in total. The monoisotopic (exact) mass is 298 g/mol. The first-order chi connectivity index (χ1) is 7.60. The van der Waals surface area contributed by atoms with Gasteiger partial charge in [-0.1, -0.05) is 0 Å². The van der Waals surface area contributed by atoms with Crippen LogP contribution in [0.5, 0.6) is 0 Å². The van der Waals surface area contributed by atoms with Crippen LogP contribution in [0.3, 0.4) is 0 Å². The van der Waals surface area contributed by atoms with Gasteiger partial charge >= 0.3 is 18.3 Å². The van der Waals surface area contributed by atoms with Gasteiger partial charge in [-0.3, -0.25) is 0 Å². The van der Waals surface area contributed by atoms with E-state index in [1.807, 2.05) is 0 Å². The van der Waals surface area contributed by atoms with E-state index in [1.54, 1.807) is 0 Å². The summed E-state index contributed by atoms with van der Waals surface area (Å²) in [5.41, 5.74) is -6.32. The van der Waals surface area contributed by atoms with E-state index in [1.165, 1.54) is 0 Å². The lowest BCUT2D eigenvalue weighted by Crippen LogP contribution is -2.69. The number of aliphatic hydroxyl groups is 2. The van der Waals surface area contributed by atoms with Crippen LogP contribution >= 0.6 is 0 Å². The Hall–Kier alpha value is -0.780. The van der Waals surface area contributed by atoms with Crippen molar-refractivity contribution in [2.24, 2.45) is 0 Å². The van der Waals surface area contributed by atoms with E-state index < -0.39 is 36.4 Å². The Labute approximate surface area is 91.8 Å². The predicted molar refractivity (Wildman–Crippen MR) is 34.0 cm³/mol. The van der Waals surface area contributed by atoms with E-state index in [0.717, 1.165) is 0 Å². The molecule has 0 aliphatic heterocycles. The van der Waals surface area contributed by atoms with Gasteiger partial charge in [0.25, 0.3) is 12.0 Å². The fourth-order valence-electron chi connectivity index (χ4n) is 0.872. The molecule has 0 radical (unpaired) electrons. The molecule has 0 aliphatic carbocycles. The lowest BCUT2D eigenvalue weighted by atomic mass is 9.90. The van der Waals surface area contributed by atoms with Crippen LogP contribution in [0.15, 0.2) is 0 Å². The van der Waals surface area contributed by atoms with E-state index in [4.69, 9.17) is 10.2 Å². The summed E-state index contributed by atoms with van der Waals surface area (Å²) < 4.78 is 120. The molecule has 2 atom stereocenters. The fraction of sp³-hybridized carbons (Fsp3) is 1.00. The average Bonchev–Trinajstić information content (AvgIpc) is 2.11. The third kappa shape index (κ3) is 2.48. The van der Waals surface area contributed by atoms with Gasteiger partial charge in [-0.15, -0.1) is 0 Å². The second kappa shape index (κ2) is 4.40. The molecule has 0 bridgehead atoms. The summed E-state index contributed by atoms with van der Waals surface area (Å²) >= 11 is 0. The summed E-state index contributed by atoms with van der Waals surface area (Å²) in [5.74, 6) is -6.59. The van der Waals surface area contributed by atoms with Crippen molar-refractivity contribution in [1.29, 1.82) is 0 Å². The second-order valence-electron chi connectivity index (χ2n) is 3.13. The topological polar surface area (TPSA) is 40.5 Å². The Morgan fingerprint density at radius 2 is 1.11 bits per heavy atom. The SMILES string of the molecule is OC(C(F)(F)F)C(F)(F)C(O)(C(F)F)C(F)(F)F. The average molecular weight is 298 g/mol. The van der Waals surface area contributed by atoms with Crippen LogP contribution in [0.25, 0.3) is 0 Å². The Kier molecular flexibility index (Phi) is 4.21. The lowest BCUT2D eigenvalue weighted by molar-refractivity contribution is -0.401. The van der Waals surface area contributed by atoms with Gasteiger partial charge in [0, 0.05) is 0 Å². The molecule has 2 N–H and O–H groups in total. The zero-order valence-corrected chi connectivity index (χ0v) is 7.83. The zero-order valence-electron chi connectivity index (χ0n) is 7.83. The molecule has 0 aliphatic rings. The van der Waals surface area contributed by atoms with E-state index in [9.17, 15) is 43.9 Å². The number of hydrogen-bond acceptors (Lipinski definition) is 2. The molecule has 110 valence electrons. The molecule has 0 heterocycles. The number of rotatable bonds is 3. The van der Waals surface area contributed by atoms with E-state index in [-0.39, 0.29) is 0 Å². The van der Waals surface area contributed by atoms with Gasteiger partial charge in [0.05, 0.1) is 0 Å². The molecule has 0 rings (SSSR count). The summed E-state index contributed by atoms with van der Waals surface area (Å²) in [6.45, 7) is 0. The highest BCUT2D eigenvalue weighted by Crippen LogP contribution is 2.50. The highest BCUT2D eigenvalue weighted by molar-refractivity contribution is 5.06. The van der Waals surface area contributed by atoms with Crippen molar-refractivity contribution in [3.63, 3.8) is 0 Å². The third-order valence-corrected chi connectivity index (χ3v) is 1.91. The highest BCUT2D eigenvalue weighted by atomic mass is 19.4. The standard InChI is InChI=1S/C6H4F10O2/c7-2(8)3(18,6(14,15)16)4(9,10)1(17)5(11,12)13/h1-2,17-18H. The van der Waals surface area contributed by atoms with Gasteiger partial charge < -0.3 is 10.2 Å². The van der Waals surface area contributed by atoms with Crippen LogP contribution in [-0.2, 0) is 0 Å². The van der Waals surface area contributed by atoms with Crippen molar-refractivity contribution in [2.75, 3.05) is 0 Å². The van der Waals surface area contributed by atoms with Crippen LogP contribution in [0, 0.1) is 0 Å². The molecule has 0 amide bonds. The maximum Gasteiger partial charge on any atom is 0.429 e. The summed E-state index contributed by atoms with van der Waals surface area (Å²) in [7, 11) is 0. The minimum absolute atomic E-state index is 5.11. The molecular formula is C6H4F10O2. The molecule has 0 fully saturated rings. The van der Waals surface area contributed by atoms with Crippen molar-refractivity contribution in [1.82, 2.24) is 0 Å². The second-order valence-corrected chi connectivity index (χ2v) is 3.13. The zero-order chi connectivity index (χ0) is 15.2. The van der Waals surface area contributed by atoms with Gasteiger partial charge in [-0.2, -0.15) is 35.1 Å². The maximum atomic E-state index is 12.7. The first-order valence-electron chi connectivity index (χ1n) is 3.80. The predicted octanol–water partition coefficient (Wildman–Crippen LogP) is 2.10. The molecule has 2 unspecified atom stereocenters. The van der Waals surface area contributed by atoms with Crippen LogP contribution in [-0.4, -0.2) is 46.6 Å². The number of alkyl halides is 10. The first kappa shape index (κ1) is 17.2. The van der Waals surface area contributed by atoms with Crippen LogP contribution in [0.1, 0.15) is 0 Å². The van der Waals surface area contributed by atoms with E-state index >= 15 is 0 Å². The first-order valence-corrected chi connectivity index (χ1v) is 3.80. The van der Waals surface area contributed by atoms with Crippen LogP contribution < -0.4 is 0 Å². The van der Waals surface area contributed by atoms with Gasteiger partial charge in [0.15, 0.2) is 0 Å². The Morgan fingerprint density at radius 1 is 0.778 bits per heavy atom. The maximum absolute atomic E-state index is 12.7. The number of hydrogen-bond donors (Lipinski definition) is 2.